The molecule has 1 amide bonds. The molecule has 0 aliphatic carbocycles. The van der Waals surface area contributed by atoms with E-state index in [4.69, 9.17) is 0 Å². The van der Waals surface area contributed by atoms with Crippen molar-refractivity contribution in [1.29, 1.82) is 0 Å². The van der Waals surface area contributed by atoms with Crippen molar-refractivity contribution in [2.75, 3.05) is 18.5 Å². The third kappa shape index (κ3) is 2.25. The standard InChI is InChI=1S/C18H18N2O5S/c1-19-13-8-9-15(11-5-4-6-12(16(11)13)17(19)21)26(24,25)20-10-3-2-7-14(20)18(22)23/h4-6,8-9,14H,2-3,7,10H2,1H3,(H,22,23). The highest BCUT2D eigenvalue weighted by atomic mass is 32.2. The molecule has 0 spiro atoms. The Hall–Kier alpha value is -2.45. The number of carbonyl (C=O) groups is 2. The molecule has 2 aromatic rings. The number of piperidine rings is 1. The molecular formula is C18H18N2O5S. The normalized spacial score (nSPS) is 20.7. The van der Waals surface area contributed by atoms with Crippen LogP contribution in [0.3, 0.4) is 0 Å². The fraction of sp³-hybridized carbons (Fsp3) is 0.333. The average molecular weight is 374 g/mol. The van der Waals surface area contributed by atoms with Gasteiger partial charge in [-0.2, -0.15) is 4.31 Å². The fourth-order valence-electron chi connectivity index (χ4n) is 3.90. The molecular weight excluding hydrogens is 356 g/mol. The number of sulfonamides is 1. The molecule has 0 radical (unpaired) electrons. The van der Waals surface area contributed by atoms with Crippen LogP contribution in [0, 0.1) is 0 Å². The molecule has 0 aromatic heterocycles. The van der Waals surface area contributed by atoms with Crippen LogP contribution in [0.2, 0.25) is 0 Å². The Morgan fingerprint density at radius 3 is 2.69 bits per heavy atom. The number of hydrogen-bond donors (Lipinski definition) is 1. The quantitative estimate of drug-likeness (QED) is 0.887. The van der Waals surface area contributed by atoms with E-state index in [1.165, 1.54) is 11.0 Å². The van der Waals surface area contributed by atoms with Crippen molar-refractivity contribution in [3.05, 3.63) is 35.9 Å². The smallest absolute Gasteiger partial charge is 0.322 e. The highest BCUT2D eigenvalue weighted by Crippen LogP contribution is 2.40. The van der Waals surface area contributed by atoms with Crippen molar-refractivity contribution < 1.29 is 23.1 Å². The molecule has 2 aliphatic heterocycles. The Labute approximate surface area is 150 Å². The Kier molecular flexibility index (Phi) is 3.78. The first-order valence-electron chi connectivity index (χ1n) is 8.42. The van der Waals surface area contributed by atoms with Crippen molar-refractivity contribution in [3.8, 4) is 0 Å². The maximum atomic E-state index is 13.3. The second kappa shape index (κ2) is 5.78. The third-order valence-corrected chi connectivity index (χ3v) is 7.17. The molecule has 2 aliphatic rings. The van der Waals surface area contributed by atoms with Gasteiger partial charge in [-0.3, -0.25) is 9.59 Å². The maximum Gasteiger partial charge on any atom is 0.322 e. The second-order valence-electron chi connectivity index (χ2n) is 6.64. The van der Waals surface area contributed by atoms with Gasteiger partial charge in [0.2, 0.25) is 10.0 Å². The first kappa shape index (κ1) is 17.0. The molecule has 8 heteroatoms. The lowest BCUT2D eigenvalue weighted by molar-refractivity contribution is -0.142. The van der Waals surface area contributed by atoms with Crippen molar-refractivity contribution in [2.45, 2.75) is 30.2 Å². The monoisotopic (exact) mass is 374 g/mol. The van der Waals surface area contributed by atoms with E-state index in [0.717, 1.165) is 4.31 Å². The molecule has 136 valence electrons. The van der Waals surface area contributed by atoms with Crippen LogP contribution in [0.5, 0.6) is 0 Å². The Morgan fingerprint density at radius 2 is 1.96 bits per heavy atom. The number of rotatable bonds is 3. The van der Waals surface area contributed by atoms with Crippen LogP contribution in [-0.2, 0) is 14.8 Å². The Balaban J connectivity index is 1.93. The molecule has 4 rings (SSSR count). The molecule has 1 saturated heterocycles. The highest BCUT2D eigenvalue weighted by Gasteiger charge is 2.39. The number of aliphatic carboxylic acids is 1. The van der Waals surface area contributed by atoms with Gasteiger partial charge in [0.05, 0.1) is 10.6 Å². The average Bonchev–Trinajstić information content (AvgIpc) is 2.88. The summed E-state index contributed by atoms with van der Waals surface area (Å²) in [5.74, 6) is -1.31. The second-order valence-corrected chi connectivity index (χ2v) is 8.50. The van der Waals surface area contributed by atoms with Gasteiger partial charge in [0.1, 0.15) is 6.04 Å². The topological polar surface area (TPSA) is 95.0 Å². The number of carbonyl (C=O) groups excluding carboxylic acids is 1. The van der Waals surface area contributed by atoms with E-state index in [1.807, 2.05) is 0 Å². The minimum atomic E-state index is -4.00. The van der Waals surface area contributed by atoms with E-state index in [1.54, 1.807) is 31.3 Å². The molecule has 0 bridgehead atoms. The molecule has 2 heterocycles. The first-order chi connectivity index (χ1) is 12.3. The van der Waals surface area contributed by atoms with Gasteiger partial charge in [0.25, 0.3) is 5.91 Å². The van der Waals surface area contributed by atoms with Gasteiger partial charge in [-0.05, 0) is 37.5 Å². The summed E-state index contributed by atoms with van der Waals surface area (Å²) in [6.07, 6.45) is 1.62. The van der Waals surface area contributed by atoms with Gasteiger partial charge in [-0.15, -0.1) is 0 Å². The predicted molar refractivity (Wildman–Crippen MR) is 95.8 cm³/mol. The largest absolute Gasteiger partial charge is 0.480 e. The number of nitrogens with zero attached hydrogens (tertiary/aromatic N) is 2. The van der Waals surface area contributed by atoms with Crippen LogP contribution < -0.4 is 4.90 Å². The number of hydrogen-bond acceptors (Lipinski definition) is 4. The molecule has 1 fully saturated rings. The van der Waals surface area contributed by atoms with Crippen LogP contribution in [0.25, 0.3) is 10.8 Å². The Bertz CT molecular complexity index is 1050. The van der Waals surface area contributed by atoms with E-state index in [2.05, 4.69) is 0 Å². The van der Waals surface area contributed by atoms with Crippen molar-refractivity contribution in [1.82, 2.24) is 4.31 Å². The third-order valence-electron chi connectivity index (χ3n) is 5.20. The first-order valence-corrected chi connectivity index (χ1v) is 9.86. The van der Waals surface area contributed by atoms with Crippen LogP contribution in [0.1, 0.15) is 29.6 Å². The van der Waals surface area contributed by atoms with Gasteiger partial charge in [-0.25, -0.2) is 8.42 Å². The molecule has 1 unspecified atom stereocenters. The fourth-order valence-corrected chi connectivity index (χ4v) is 5.74. The highest BCUT2D eigenvalue weighted by molar-refractivity contribution is 7.89. The molecule has 26 heavy (non-hydrogen) atoms. The van der Waals surface area contributed by atoms with Crippen LogP contribution >= 0.6 is 0 Å². The van der Waals surface area contributed by atoms with Gasteiger partial charge in [-0.1, -0.05) is 12.1 Å². The summed E-state index contributed by atoms with van der Waals surface area (Å²) in [4.78, 5) is 25.5. The lowest BCUT2D eigenvalue weighted by Crippen LogP contribution is -2.47. The lowest BCUT2D eigenvalue weighted by Gasteiger charge is -2.32. The molecule has 0 saturated carbocycles. The van der Waals surface area contributed by atoms with Crippen LogP contribution in [0.15, 0.2) is 35.2 Å². The van der Waals surface area contributed by atoms with E-state index >= 15 is 0 Å². The zero-order chi connectivity index (χ0) is 18.6. The van der Waals surface area contributed by atoms with E-state index < -0.39 is 22.0 Å². The Morgan fingerprint density at radius 1 is 1.19 bits per heavy atom. The zero-order valence-corrected chi connectivity index (χ0v) is 15.0. The van der Waals surface area contributed by atoms with Gasteiger partial charge >= 0.3 is 5.97 Å². The maximum absolute atomic E-state index is 13.3. The number of benzene rings is 2. The van der Waals surface area contributed by atoms with E-state index in [-0.39, 0.29) is 17.3 Å². The number of carboxylic acid groups (broad SMARTS) is 1. The molecule has 1 N–H and O–H groups in total. The number of amides is 1. The molecule has 7 nitrogen and oxygen atoms in total. The van der Waals surface area contributed by atoms with Crippen molar-refractivity contribution in [3.63, 3.8) is 0 Å². The summed E-state index contributed by atoms with van der Waals surface area (Å²) in [5, 5.41) is 10.5. The minimum absolute atomic E-state index is 0.0503. The predicted octanol–water partition coefficient (Wildman–Crippen LogP) is 2.06. The van der Waals surface area contributed by atoms with E-state index in [0.29, 0.717) is 41.3 Å². The summed E-state index contributed by atoms with van der Waals surface area (Å²) in [6, 6.07) is 7.03. The SMILES string of the molecule is CN1C(=O)c2cccc3c(S(=O)(=O)N4CCCCC4C(=O)O)ccc1c23. The summed E-state index contributed by atoms with van der Waals surface area (Å²) in [5.41, 5.74) is 1.12. The lowest BCUT2D eigenvalue weighted by atomic mass is 10.1. The molecule has 2 aromatic carbocycles. The van der Waals surface area contributed by atoms with Gasteiger partial charge in [0.15, 0.2) is 0 Å². The summed E-state index contributed by atoms with van der Waals surface area (Å²) in [7, 11) is -2.35. The van der Waals surface area contributed by atoms with Crippen molar-refractivity contribution in [2.24, 2.45) is 0 Å². The van der Waals surface area contributed by atoms with Crippen LogP contribution in [0.4, 0.5) is 5.69 Å². The van der Waals surface area contributed by atoms with Gasteiger partial charge in [0, 0.05) is 29.9 Å². The number of anilines is 1. The minimum Gasteiger partial charge on any atom is -0.480 e. The summed E-state index contributed by atoms with van der Waals surface area (Å²) in [6.45, 7) is 0.182. The van der Waals surface area contributed by atoms with Crippen molar-refractivity contribution >= 4 is 38.4 Å². The van der Waals surface area contributed by atoms with E-state index in [9.17, 15) is 23.1 Å². The number of carboxylic acids is 1. The summed E-state index contributed by atoms with van der Waals surface area (Å²) < 4.78 is 27.7. The zero-order valence-electron chi connectivity index (χ0n) is 14.2. The summed E-state index contributed by atoms with van der Waals surface area (Å²) >= 11 is 0. The van der Waals surface area contributed by atoms with Gasteiger partial charge < -0.3 is 10.0 Å². The van der Waals surface area contributed by atoms with Crippen LogP contribution in [-0.4, -0.2) is 49.3 Å². The molecule has 1 atom stereocenters.